The fraction of sp³-hybridized carbons (Fsp3) is 0.409. The van der Waals surface area contributed by atoms with E-state index >= 15 is 0 Å². The molecule has 1 amide bonds. The Kier molecular flexibility index (Phi) is 5.71. The molecule has 3 rings (SSSR count). The SMILES string of the molecule is COc1cc2c(cc1OC)[C@H](C)N(CC(=O)Nc1cc(C)cc(C)c1)CC2. The maximum absolute atomic E-state index is 12.6. The summed E-state index contributed by atoms with van der Waals surface area (Å²) in [5, 5.41) is 3.03. The normalized spacial score (nSPS) is 16.6. The number of amides is 1. The molecule has 0 saturated heterocycles. The van der Waals surface area contributed by atoms with Crippen LogP contribution in [0.4, 0.5) is 5.69 Å². The molecule has 0 aliphatic carbocycles. The standard InChI is InChI=1S/C22H28N2O3/c1-14-8-15(2)10-18(9-14)23-22(25)13-24-7-6-17-11-20(26-4)21(27-5)12-19(17)16(24)3/h8-12,16H,6-7,13H2,1-5H3,(H,23,25)/t16-/m0/s1. The first-order valence-corrected chi connectivity index (χ1v) is 9.28. The van der Waals surface area contributed by atoms with Crippen molar-refractivity contribution < 1.29 is 14.3 Å². The number of ether oxygens (including phenoxy) is 2. The van der Waals surface area contributed by atoms with Crippen molar-refractivity contribution in [2.24, 2.45) is 0 Å². The van der Waals surface area contributed by atoms with E-state index in [4.69, 9.17) is 9.47 Å². The zero-order valence-corrected chi connectivity index (χ0v) is 16.8. The molecular weight excluding hydrogens is 340 g/mol. The highest BCUT2D eigenvalue weighted by Gasteiger charge is 2.27. The number of benzene rings is 2. The van der Waals surface area contributed by atoms with Gasteiger partial charge < -0.3 is 14.8 Å². The Morgan fingerprint density at radius 1 is 1.07 bits per heavy atom. The predicted molar refractivity (Wildman–Crippen MR) is 108 cm³/mol. The van der Waals surface area contributed by atoms with Crippen molar-refractivity contribution >= 4 is 11.6 Å². The predicted octanol–water partition coefficient (Wildman–Crippen LogP) is 3.88. The Labute approximate surface area is 161 Å². The molecule has 0 aromatic heterocycles. The molecular formula is C22H28N2O3. The maximum atomic E-state index is 12.6. The molecule has 1 atom stereocenters. The van der Waals surface area contributed by atoms with Crippen LogP contribution >= 0.6 is 0 Å². The minimum atomic E-state index is 0.00998. The molecule has 27 heavy (non-hydrogen) atoms. The van der Waals surface area contributed by atoms with Crippen LogP contribution in [0.2, 0.25) is 0 Å². The second-order valence-corrected chi connectivity index (χ2v) is 7.23. The van der Waals surface area contributed by atoms with Crippen LogP contribution < -0.4 is 14.8 Å². The topological polar surface area (TPSA) is 50.8 Å². The van der Waals surface area contributed by atoms with E-state index in [1.807, 2.05) is 32.0 Å². The number of fused-ring (bicyclic) bond motifs is 1. The maximum Gasteiger partial charge on any atom is 0.238 e. The lowest BCUT2D eigenvalue weighted by Crippen LogP contribution is -2.39. The van der Waals surface area contributed by atoms with Gasteiger partial charge in [0.1, 0.15) is 0 Å². The summed E-state index contributed by atoms with van der Waals surface area (Å²) >= 11 is 0. The van der Waals surface area contributed by atoms with Crippen molar-refractivity contribution in [1.82, 2.24) is 4.90 Å². The van der Waals surface area contributed by atoms with Crippen molar-refractivity contribution in [3.63, 3.8) is 0 Å². The average Bonchev–Trinajstić information content (AvgIpc) is 2.62. The molecule has 144 valence electrons. The van der Waals surface area contributed by atoms with E-state index in [-0.39, 0.29) is 11.9 Å². The van der Waals surface area contributed by atoms with Gasteiger partial charge in [0.2, 0.25) is 5.91 Å². The van der Waals surface area contributed by atoms with Crippen LogP contribution in [0.1, 0.15) is 35.2 Å². The molecule has 1 aliphatic rings. The van der Waals surface area contributed by atoms with Crippen LogP contribution in [-0.2, 0) is 11.2 Å². The smallest absolute Gasteiger partial charge is 0.238 e. The number of hydrogen-bond donors (Lipinski definition) is 1. The molecule has 1 aliphatic heterocycles. The first-order valence-electron chi connectivity index (χ1n) is 9.28. The zero-order chi connectivity index (χ0) is 19.6. The van der Waals surface area contributed by atoms with Crippen LogP contribution in [0.15, 0.2) is 30.3 Å². The second-order valence-electron chi connectivity index (χ2n) is 7.23. The number of methoxy groups -OCH3 is 2. The third-order valence-corrected chi connectivity index (χ3v) is 5.16. The van der Waals surface area contributed by atoms with Crippen LogP contribution in [0.5, 0.6) is 11.5 Å². The molecule has 0 bridgehead atoms. The Balaban J connectivity index is 1.73. The molecule has 0 unspecified atom stereocenters. The number of rotatable bonds is 5. The fourth-order valence-corrected chi connectivity index (χ4v) is 3.84. The lowest BCUT2D eigenvalue weighted by molar-refractivity contribution is -0.117. The largest absolute Gasteiger partial charge is 0.493 e. The summed E-state index contributed by atoms with van der Waals surface area (Å²) in [6, 6.07) is 10.3. The van der Waals surface area contributed by atoms with Gasteiger partial charge in [0, 0.05) is 18.3 Å². The fourth-order valence-electron chi connectivity index (χ4n) is 3.84. The van der Waals surface area contributed by atoms with Gasteiger partial charge in [-0.1, -0.05) is 6.07 Å². The minimum Gasteiger partial charge on any atom is -0.493 e. The van der Waals surface area contributed by atoms with Gasteiger partial charge in [-0.2, -0.15) is 0 Å². The van der Waals surface area contributed by atoms with Crippen LogP contribution in [0.25, 0.3) is 0 Å². The summed E-state index contributed by atoms with van der Waals surface area (Å²) in [4.78, 5) is 14.8. The second kappa shape index (κ2) is 8.01. The van der Waals surface area contributed by atoms with Gasteiger partial charge in [0.15, 0.2) is 11.5 Å². The van der Waals surface area contributed by atoms with Crippen molar-refractivity contribution in [2.45, 2.75) is 33.2 Å². The van der Waals surface area contributed by atoms with Crippen molar-refractivity contribution in [3.8, 4) is 11.5 Å². The van der Waals surface area contributed by atoms with Crippen LogP contribution in [0.3, 0.4) is 0 Å². The van der Waals surface area contributed by atoms with E-state index in [9.17, 15) is 4.79 Å². The summed E-state index contributed by atoms with van der Waals surface area (Å²) < 4.78 is 10.9. The van der Waals surface area contributed by atoms with Crippen molar-refractivity contribution in [2.75, 3.05) is 32.6 Å². The van der Waals surface area contributed by atoms with E-state index in [2.05, 4.69) is 29.3 Å². The number of anilines is 1. The lowest BCUT2D eigenvalue weighted by Gasteiger charge is -2.35. The monoisotopic (exact) mass is 368 g/mol. The molecule has 0 fully saturated rings. The van der Waals surface area contributed by atoms with Crippen LogP contribution in [-0.4, -0.2) is 38.1 Å². The van der Waals surface area contributed by atoms with Gasteiger partial charge in [0.25, 0.3) is 0 Å². The van der Waals surface area contributed by atoms with E-state index in [0.29, 0.717) is 6.54 Å². The highest BCUT2D eigenvalue weighted by atomic mass is 16.5. The molecule has 1 heterocycles. The Morgan fingerprint density at radius 2 is 1.70 bits per heavy atom. The average molecular weight is 368 g/mol. The number of carbonyl (C=O) groups excluding carboxylic acids is 1. The molecule has 1 N–H and O–H groups in total. The van der Waals surface area contributed by atoms with E-state index in [1.165, 1.54) is 11.1 Å². The van der Waals surface area contributed by atoms with Gasteiger partial charge in [-0.05, 0) is 73.7 Å². The molecule has 2 aromatic rings. The van der Waals surface area contributed by atoms with Crippen LogP contribution in [0, 0.1) is 13.8 Å². The number of carbonyl (C=O) groups is 1. The van der Waals surface area contributed by atoms with E-state index in [0.717, 1.165) is 41.3 Å². The third-order valence-electron chi connectivity index (χ3n) is 5.16. The van der Waals surface area contributed by atoms with Gasteiger partial charge in [-0.25, -0.2) is 0 Å². The summed E-state index contributed by atoms with van der Waals surface area (Å²) in [6.07, 6.45) is 0.886. The van der Waals surface area contributed by atoms with Crippen molar-refractivity contribution in [1.29, 1.82) is 0 Å². The molecule has 0 radical (unpaired) electrons. The van der Waals surface area contributed by atoms with E-state index in [1.54, 1.807) is 14.2 Å². The van der Waals surface area contributed by atoms with Crippen molar-refractivity contribution in [3.05, 3.63) is 52.6 Å². The Bertz CT molecular complexity index is 827. The molecule has 2 aromatic carbocycles. The molecule has 0 saturated carbocycles. The molecule has 5 heteroatoms. The summed E-state index contributed by atoms with van der Waals surface area (Å²) in [6.45, 7) is 7.40. The highest BCUT2D eigenvalue weighted by molar-refractivity contribution is 5.92. The van der Waals surface area contributed by atoms with Gasteiger partial charge in [-0.3, -0.25) is 9.69 Å². The summed E-state index contributed by atoms with van der Waals surface area (Å²) in [5.41, 5.74) is 5.59. The Hall–Kier alpha value is -2.53. The van der Waals surface area contributed by atoms with Gasteiger partial charge >= 0.3 is 0 Å². The third kappa shape index (κ3) is 4.25. The summed E-state index contributed by atoms with van der Waals surface area (Å²) in [7, 11) is 3.30. The zero-order valence-electron chi connectivity index (χ0n) is 16.8. The van der Waals surface area contributed by atoms with Gasteiger partial charge in [-0.15, -0.1) is 0 Å². The van der Waals surface area contributed by atoms with E-state index < -0.39 is 0 Å². The Morgan fingerprint density at radius 3 is 2.33 bits per heavy atom. The number of nitrogens with zero attached hydrogens (tertiary/aromatic N) is 1. The lowest BCUT2D eigenvalue weighted by atomic mass is 9.93. The molecule has 0 spiro atoms. The first kappa shape index (κ1) is 19.2. The molecule has 5 nitrogen and oxygen atoms in total. The number of nitrogens with one attached hydrogen (secondary N) is 1. The van der Waals surface area contributed by atoms with Gasteiger partial charge in [0.05, 0.1) is 20.8 Å². The summed E-state index contributed by atoms with van der Waals surface area (Å²) in [5.74, 6) is 1.49. The number of aryl methyl sites for hydroxylation is 2. The first-order chi connectivity index (χ1) is 12.9. The highest BCUT2D eigenvalue weighted by Crippen LogP contribution is 2.37. The number of hydrogen-bond acceptors (Lipinski definition) is 4. The minimum absolute atomic E-state index is 0.00998. The quantitative estimate of drug-likeness (QED) is 0.870.